The summed E-state index contributed by atoms with van der Waals surface area (Å²) in [5, 5.41) is 0. The highest BCUT2D eigenvalue weighted by Gasteiger charge is 2.73. The summed E-state index contributed by atoms with van der Waals surface area (Å²) in [5.74, 6) is -6.16. The number of primary amides is 1. The van der Waals surface area contributed by atoms with Gasteiger partial charge in [-0.2, -0.15) is 0 Å². The molecule has 7 rings (SSSR count). The number of rotatable bonds is 8. The lowest BCUT2D eigenvalue weighted by atomic mass is 9.54. The first-order chi connectivity index (χ1) is 20.0. The second kappa shape index (κ2) is 9.96. The topological polar surface area (TPSA) is 133 Å². The molecule has 4 aliphatic rings. The second-order valence-corrected chi connectivity index (χ2v) is 11.7. The smallest absolute Gasteiger partial charge is 0.330 e. The van der Waals surface area contributed by atoms with Crippen molar-refractivity contribution in [2.24, 2.45) is 17.6 Å². The lowest BCUT2D eigenvalue weighted by Gasteiger charge is -2.54. The normalized spacial score (nSPS) is 25.7. The number of carbonyl (C=O) groups is 5. The number of carbonyl (C=O) groups excluding carboxylic acids is 5. The van der Waals surface area contributed by atoms with Gasteiger partial charge in [0.25, 0.3) is 0 Å². The number of imide groups is 1. The number of hydrogen-bond donors (Lipinski definition) is 1. The fraction of sp³-hybridized carbons (Fsp3) is 0.258. The summed E-state index contributed by atoms with van der Waals surface area (Å²) < 4.78 is 10.4. The first-order valence-corrected chi connectivity index (χ1v) is 13.9. The number of halogens is 2. The third kappa shape index (κ3) is 3.80. The van der Waals surface area contributed by atoms with Gasteiger partial charge in [-0.1, -0.05) is 60.7 Å². The fourth-order valence-corrected chi connectivity index (χ4v) is 7.68. The maximum atomic E-state index is 14.2. The van der Waals surface area contributed by atoms with Gasteiger partial charge in [0.05, 0.1) is 25.4 Å². The van der Waals surface area contributed by atoms with Crippen LogP contribution in [0, 0.1) is 11.8 Å². The molecule has 42 heavy (non-hydrogen) atoms. The Balaban J connectivity index is 1.37. The number of ether oxygens (including phenoxy) is 2. The molecule has 0 saturated carbocycles. The van der Waals surface area contributed by atoms with E-state index in [1.807, 2.05) is 0 Å². The summed E-state index contributed by atoms with van der Waals surface area (Å²) in [6.45, 7) is -0.708. The molecule has 0 spiro atoms. The summed E-state index contributed by atoms with van der Waals surface area (Å²) in [4.78, 5) is 64.3. The van der Waals surface area contributed by atoms with Gasteiger partial charge < -0.3 is 15.2 Å². The van der Waals surface area contributed by atoms with Gasteiger partial charge in [-0.15, -0.1) is 23.2 Å². The molecule has 0 unspecified atom stereocenters. The predicted molar refractivity (Wildman–Crippen MR) is 151 cm³/mol. The highest BCUT2D eigenvalue weighted by atomic mass is 35.5. The Morgan fingerprint density at radius 3 is 1.81 bits per heavy atom. The van der Waals surface area contributed by atoms with Crippen LogP contribution in [0.2, 0.25) is 0 Å². The summed E-state index contributed by atoms with van der Waals surface area (Å²) in [6.07, 6.45) is -0.715. The molecule has 3 aromatic carbocycles. The van der Waals surface area contributed by atoms with Crippen molar-refractivity contribution in [3.8, 4) is 5.75 Å². The predicted octanol–water partition coefficient (Wildman–Crippen LogP) is 3.26. The number of methoxy groups -OCH3 is 1. The van der Waals surface area contributed by atoms with E-state index in [2.05, 4.69) is 0 Å². The fourth-order valence-electron chi connectivity index (χ4n) is 6.58. The Hall–Kier alpha value is -4.21. The zero-order chi connectivity index (χ0) is 30.0. The van der Waals surface area contributed by atoms with Crippen molar-refractivity contribution in [3.63, 3.8) is 0 Å². The van der Waals surface area contributed by atoms with Crippen molar-refractivity contribution in [3.05, 3.63) is 101 Å². The number of likely N-dealkylation sites (tertiary alicyclic amines) is 1. The minimum absolute atomic E-state index is 0.216. The molecule has 0 aromatic heterocycles. The van der Waals surface area contributed by atoms with Gasteiger partial charge in [0.2, 0.25) is 17.7 Å². The lowest BCUT2D eigenvalue weighted by molar-refractivity contribution is -0.159. The maximum absolute atomic E-state index is 14.2. The van der Waals surface area contributed by atoms with Crippen molar-refractivity contribution in [1.29, 1.82) is 0 Å². The van der Waals surface area contributed by atoms with E-state index in [0.717, 1.165) is 0 Å². The summed E-state index contributed by atoms with van der Waals surface area (Å²) in [6, 6.07) is 18.7. The van der Waals surface area contributed by atoms with Gasteiger partial charge in [0.15, 0.2) is 12.4 Å². The number of benzene rings is 3. The molecule has 9 nitrogen and oxygen atoms in total. The molecule has 3 aromatic rings. The van der Waals surface area contributed by atoms with E-state index < -0.39 is 70.1 Å². The molecule has 1 aliphatic heterocycles. The molecule has 1 saturated heterocycles. The molecule has 3 aliphatic carbocycles. The molecule has 3 atom stereocenters. The van der Waals surface area contributed by atoms with Gasteiger partial charge in [-0.25, -0.2) is 4.79 Å². The highest BCUT2D eigenvalue weighted by molar-refractivity contribution is 6.36. The number of amides is 3. The van der Waals surface area contributed by atoms with Gasteiger partial charge >= 0.3 is 5.97 Å². The lowest BCUT2D eigenvalue weighted by Crippen LogP contribution is -2.57. The number of alkyl halides is 2. The monoisotopic (exact) mass is 606 g/mol. The molecule has 3 amide bonds. The highest BCUT2D eigenvalue weighted by Crippen LogP contribution is 2.69. The maximum Gasteiger partial charge on any atom is 0.330 e. The van der Waals surface area contributed by atoms with Crippen molar-refractivity contribution >= 4 is 52.7 Å². The van der Waals surface area contributed by atoms with Crippen molar-refractivity contribution in [2.45, 2.75) is 22.2 Å². The van der Waals surface area contributed by atoms with E-state index in [1.165, 1.54) is 19.2 Å². The van der Waals surface area contributed by atoms with Crippen molar-refractivity contribution in [1.82, 2.24) is 4.90 Å². The summed E-state index contributed by atoms with van der Waals surface area (Å²) in [7, 11) is 1.44. The van der Waals surface area contributed by atoms with Crippen LogP contribution in [0.25, 0.3) is 0 Å². The number of ketones is 1. The Bertz CT molecular complexity index is 1570. The van der Waals surface area contributed by atoms with Crippen LogP contribution in [0.4, 0.5) is 0 Å². The Labute approximate surface area is 250 Å². The minimum atomic E-state index is -1.72. The van der Waals surface area contributed by atoms with E-state index in [1.54, 1.807) is 60.7 Å². The molecule has 214 valence electrons. The van der Waals surface area contributed by atoms with Crippen LogP contribution in [0.15, 0.2) is 72.8 Å². The van der Waals surface area contributed by atoms with Gasteiger partial charge in [-0.3, -0.25) is 24.1 Å². The molecule has 2 N–H and O–H groups in total. The molecule has 1 heterocycles. The molecule has 2 bridgehead atoms. The van der Waals surface area contributed by atoms with E-state index in [-0.39, 0.29) is 5.56 Å². The van der Waals surface area contributed by atoms with E-state index >= 15 is 0 Å². The number of nitrogens with zero attached hydrogens (tertiary/aromatic N) is 1. The number of esters is 1. The summed E-state index contributed by atoms with van der Waals surface area (Å²) >= 11 is 14.8. The van der Waals surface area contributed by atoms with E-state index in [9.17, 15) is 24.0 Å². The van der Waals surface area contributed by atoms with E-state index in [4.69, 9.17) is 38.4 Å². The van der Waals surface area contributed by atoms with Crippen molar-refractivity contribution < 1.29 is 33.4 Å². The minimum Gasteiger partial charge on any atom is -0.497 e. The zero-order valence-electron chi connectivity index (χ0n) is 22.2. The molecular weight excluding hydrogens is 583 g/mol. The van der Waals surface area contributed by atoms with Gasteiger partial charge in [0, 0.05) is 5.56 Å². The van der Waals surface area contributed by atoms with Crippen LogP contribution in [0.1, 0.15) is 39.0 Å². The van der Waals surface area contributed by atoms with Crippen LogP contribution < -0.4 is 10.5 Å². The average molecular weight is 607 g/mol. The molecule has 11 heteroatoms. The van der Waals surface area contributed by atoms with Crippen LogP contribution in [0.3, 0.4) is 0 Å². The van der Waals surface area contributed by atoms with Crippen LogP contribution in [0.5, 0.6) is 5.75 Å². The first-order valence-electron chi connectivity index (χ1n) is 13.1. The number of nitrogens with two attached hydrogens (primary N) is 1. The standard InChI is InChI=1S/C31H24Cl2N2O7/c1-41-17-8-6-7-16(13-17)23(36)15-42-29(40)22(14-24(34)37)35-27(38)25-26(28(35)39)31(33)19-10-3-2-9-18(19)30(25,32)20-11-4-5-12-21(20)31/h2-13,22,25-26H,14-15H2,1H3,(H2,34,37)/t22-,25-,26+,30?,31?/m1/s1. The third-order valence-corrected chi connectivity index (χ3v) is 9.62. The average Bonchev–Trinajstić information content (AvgIpc) is 3.27. The third-order valence-electron chi connectivity index (χ3n) is 8.33. The van der Waals surface area contributed by atoms with Gasteiger partial charge in [-0.05, 0) is 34.4 Å². The zero-order valence-corrected chi connectivity index (χ0v) is 23.7. The SMILES string of the molecule is COc1cccc(C(=O)COC(=O)[C@@H](CC(N)=O)N2C(=O)[C@@H]3[C@H](C2=O)C2(Cl)c4ccccc4C3(Cl)c3ccccc32)c1. The van der Waals surface area contributed by atoms with E-state index in [0.29, 0.717) is 32.9 Å². The van der Waals surface area contributed by atoms with Crippen LogP contribution in [-0.2, 0) is 33.7 Å². The molecular formula is C31H24Cl2N2O7. The molecule has 0 radical (unpaired) electrons. The quantitative estimate of drug-likeness (QED) is 0.180. The van der Waals surface area contributed by atoms with Crippen LogP contribution >= 0.6 is 23.2 Å². The first kappa shape index (κ1) is 27.9. The number of hydrogen-bond acceptors (Lipinski definition) is 7. The Kier molecular flexibility index (Phi) is 6.62. The molecule has 1 fully saturated rings. The van der Waals surface area contributed by atoms with Crippen molar-refractivity contribution in [2.75, 3.05) is 13.7 Å². The second-order valence-electron chi connectivity index (χ2n) is 10.5. The Morgan fingerprint density at radius 1 is 0.857 bits per heavy atom. The van der Waals surface area contributed by atoms with Crippen LogP contribution in [-0.4, -0.2) is 54.1 Å². The van der Waals surface area contributed by atoms with Gasteiger partial charge in [0.1, 0.15) is 21.5 Å². The number of Topliss-reactive ketones (excluding diaryl/α,β-unsaturated/α-hetero) is 1. The Morgan fingerprint density at radius 2 is 1.36 bits per heavy atom. The summed E-state index contributed by atoms with van der Waals surface area (Å²) in [5.41, 5.74) is 8.00. The largest absolute Gasteiger partial charge is 0.497 e.